The Bertz CT molecular complexity index is 653. The van der Waals surface area contributed by atoms with Crippen LogP contribution in [-0.2, 0) is 4.74 Å². The van der Waals surface area contributed by atoms with Gasteiger partial charge in [-0.2, -0.15) is 0 Å². The number of nitrogen functional groups attached to an aromatic ring is 1. The number of anilines is 1. The Morgan fingerprint density at radius 2 is 2.32 bits per heavy atom. The zero-order chi connectivity index (χ0) is 16.2. The first kappa shape index (κ1) is 15.9. The molecule has 22 heavy (non-hydrogen) atoms. The summed E-state index contributed by atoms with van der Waals surface area (Å²) < 4.78 is 5.10. The number of rotatable bonds is 1. The van der Waals surface area contributed by atoms with Gasteiger partial charge in [0.2, 0.25) is 0 Å². The molecule has 0 aromatic carbocycles. The zero-order valence-electron chi connectivity index (χ0n) is 13.2. The first-order chi connectivity index (χ1) is 10.4. The van der Waals surface area contributed by atoms with Crippen molar-refractivity contribution in [3.05, 3.63) is 35.5 Å². The van der Waals surface area contributed by atoms with Crippen LogP contribution in [0.25, 0.3) is 0 Å². The maximum atomic E-state index is 12.0. The van der Waals surface area contributed by atoms with Crippen molar-refractivity contribution in [2.45, 2.75) is 32.7 Å². The second kappa shape index (κ2) is 6.52. The summed E-state index contributed by atoms with van der Waals surface area (Å²) >= 11 is 0. The molecule has 0 radical (unpaired) electrons. The van der Waals surface area contributed by atoms with E-state index >= 15 is 0 Å². The molecule has 5 heteroatoms. The maximum Gasteiger partial charge on any atom is 0.410 e. The molecule has 0 spiro atoms. The highest BCUT2D eigenvalue weighted by Gasteiger charge is 2.40. The zero-order valence-corrected chi connectivity index (χ0v) is 13.2. The lowest BCUT2D eigenvalue weighted by Crippen LogP contribution is -2.43. The molecule has 2 N–H and O–H groups in total. The molecular formula is C17H21N3O2. The Balaban J connectivity index is 2.15. The summed E-state index contributed by atoms with van der Waals surface area (Å²) in [6.07, 6.45) is 2.39. The van der Waals surface area contributed by atoms with Gasteiger partial charge >= 0.3 is 6.09 Å². The van der Waals surface area contributed by atoms with Gasteiger partial charge in [-0.15, -0.1) is 0 Å². The second-order valence-electron chi connectivity index (χ2n) is 5.55. The van der Waals surface area contributed by atoms with Crippen molar-refractivity contribution in [1.82, 2.24) is 9.88 Å². The van der Waals surface area contributed by atoms with Crippen LogP contribution in [0.3, 0.4) is 0 Å². The van der Waals surface area contributed by atoms with Gasteiger partial charge in [-0.1, -0.05) is 12.0 Å². The largest absolute Gasteiger partial charge is 0.450 e. The van der Waals surface area contributed by atoms with Gasteiger partial charge in [-0.05, 0) is 56.9 Å². The van der Waals surface area contributed by atoms with Crippen LogP contribution in [0.4, 0.5) is 10.6 Å². The minimum atomic E-state index is -0.385. The van der Waals surface area contributed by atoms with Crippen molar-refractivity contribution in [2.75, 3.05) is 18.9 Å². The molecule has 1 aliphatic rings. The summed E-state index contributed by atoms with van der Waals surface area (Å²) in [4.78, 5) is 17.8. The first-order valence-electron chi connectivity index (χ1n) is 7.33. The number of hydrogen-bond acceptors (Lipinski definition) is 4. The molecule has 0 bridgehead atoms. The van der Waals surface area contributed by atoms with Crippen LogP contribution >= 0.6 is 0 Å². The summed E-state index contributed by atoms with van der Waals surface area (Å²) in [7, 11) is 0. The smallest absolute Gasteiger partial charge is 0.410 e. The molecule has 0 unspecified atom stereocenters. The number of carbonyl (C=O) groups is 1. The Kier molecular flexibility index (Phi) is 4.71. The number of ether oxygens (including phenoxy) is 1. The number of likely N-dealkylation sites (tertiary alicyclic amines) is 1. The van der Waals surface area contributed by atoms with Crippen LogP contribution < -0.4 is 5.73 Å². The number of aromatic nitrogens is 1. The van der Waals surface area contributed by atoms with Crippen molar-refractivity contribution in [2.24, 2.45) is 0 Å². The highest BCUT2D eigenvalue weighted by Crippen LogP contribution is 2.34. The van der Waals surface area contributed by atoms with E-state index < -0.39 is 0 Å². The third-order valence-electron chi connectivity index (χ3n) is 3.77. The normalized spacial score (nSPS) is 18.0. The fraction of sp³-hybridized carbons (Fsp3) is 0.412. The Labute approximate surface area is 131 Å². The summed E-state index contributed by atoms with van der Waals surface area (Å²) in [6, 6.07) is 5.36. The van der Waals surface area contributed by atoms with Crippen molar-refractivity contribution in [3.63, 3.8) is 0 Å². The summed E-state index contributed by atoms with van der Waals surface area (Å²) in [5, 5.41) is 0. The van der Waals surface area contributed by atoms with E-state index in [4.69, 9.17) is 10.5 Å². The van der Waals surface area contributed by atoms with Crippen LogP contribution in [0.5, 0.6) is 0 Å². The van der Waals surface area contributed by atoms with E-state index in [-0.39, 0.29) is 11.6 Å². The highest BCUT2D eigenvalue weighted by molar-refractivity contribution is 5.70. The van der Waals surface area contributed by atoms with Crippen molar-refractivity contribution >= 4 is 11.9 Å². The van der Waals surface area contributed by atoms with Gasteiger partial charge in [-0.3, -0.25) is 4.90 Å². The Morgan fingerprint density at radius 3 is 3.00 bits per heavy atom. The number of nitrogens with zero attached hydrogens (tertiary/aromatic N) is 2. The van der Waals surface area contributed by atoms with E-state index in [1.165, 1.54) is 0 Å². The lowest BCUT2D eigenvalue weighted by molar-refractivity contribution is 0.0902. The number of nitrogens with two attached hydrogens (primary N) is 1. The SMILES string of the molecule is CCOC(=O)N1CC/C(=C\C#Cc2cccc(N)n2)C1(C)C. The van der Waals surface area contributed by atoms with Crippen LogP contribution in [-0.4, -0.2) is 34.7 Å². The molecule has 1 amide bonds. The van der Waals surface area contributed by atoms with E-state index in [1.54, 1.807) is 11.0 Å². The third-order valence-corrected chi connectivity index (χ3v) is 3.77. The van der Waals surface area contributed by atoms with Crippen molar-refractivity contribution < 1.29 is 9.53 Å². The predicted octanol–water partition coefficient (Wildman–Crippen LogP) is 2.58. The van der Waals surface area contributed by atoms with Gasteiger partial charge in [0, 0.05) is 6.54 Å². The minimum absolute atomic E-state index is 0.277. The predicted molar refractivity (Wildman–Crippen MR) is 86.0 cm³/mol. The summed E-state index contributed by atoms with van der Waals surface area (Å²) in [5.41, 5.74) is 6.98. The van der Waals surface area contributed by atoms with Crippen LogP contribution in [0, 0.1) is 11.8 Å². The van der Waals surface area contributed by atoms with Crippen LogP contribution in [0.1, 0.15) is 32.9 Å². The molecule has 1 aliphatic heterocycles. The fourth-order valence-corrected chi connectivity index (χ4v) is 2.48. The Morgan fingerprint density at radius 1 is 1.55 bits per heavy atom. The fourth-order valence-electron chi connectivity index (χ4n) is 2.48. The van der Waals surface area contributed by atoms with Crippen LogP contribution in [0.2, 0.25) is 0 Å². The Hall–Kier alpha value is -2.48. The molecule has 0 atom stereocenters. The lowest BCUT2D eigenvalue weighted by Gasteiger charge is -2.31. The van der Waals surface area contributed by atoms with Gasteiger partial charge in [0.25, 0.3) is 0 Å². The van der Waals surface area contributed by atoms with Crippen LogP contribution in [0.15, 0.2) is 29.8 Å². The topological polar surface area (TPSA) is 68.5 Å². The third kappa shape index (κ3) is 3.40. The van der Waals surface area contributed by atoms with E-state index in [0.717, 1.165) is 12.0 Å². The number of pyridine rings is 1. The van der Waals surface area contributed by atoms with Gasteiger partial charge < -0.3 is 10.5 Å². The lowest BCUT2D eigenvalue weighted by atomic mass is 9.95. The second-order valence-corrected chi connectivity index (χ2v) is 5.55. The standard InChI is InChI=1S/C17H21N3O2/c1-4-22-16(21)20-12-11-13(17(20,2)3)7-5-8-14-9-6-10-15(18)19-14/h6-7,9-10H,4,11-12H2,1-3H3,(H2,18,19)/b13-7+. The molecule has 0 aliphatic carbocycles. The van der Waals surface area contributed by atoms with Gasteiger partial charge in [0.1, 0.15) is 11.5 Å². The molecule has 5 nitrogen and oxygen atoms in total. The molecule has 1 saturated heterocycles. The number of amides is 1. The highest BCUT2D eigenvalue weighted by atomic mass is 16.6. The number of hydrogen-bond donors (Lipinski definition) is 1. The molecule has 1 aromatic heterocycles. The van der Waals surface area contributed by atoms with Crippen molar-refractivity contribution in [1.29, 1.82) is 0 Å². The average molecular weight is 299 g/mol. The van der Waals surface area contributed by atoms with Gasteiger partial charge in [-0.25, -0.2) is 9.78 Å². The van der Waals surface area contributed by atoms with Crippen molar-refractivity contribution in [3.8, 4) is 11.8 Å². The molecule has 2 heterocycles. The molecule has 1 aromatic rings. The quantitative estimate of drug-likeness (QED) is 0.809. The number of carbonyl (C=O) groups excluding carboxylic acids is 1. The summed E-state index contributed by atoms with van der Waals surface area (Å²) in [5.74, 6) is 6.43. The van der Waals surface area contributed by atoms with E-state index in [1.807, 2.05) is 39.0 Å². The molecule has 0 saturated carbocycles. The maximum absolute atomic E-state index is 12.0. The van der Waals surface area contributed by atoms with E-state index in [9.17, 15) is 4.79 Å². The monoisotopic (exact) mass is 299 g/mol. The minimum Gasteiger partial charge on any atom is -0.450 e. The van der Waals surface area contributed by atoms with Gasteiger partial charge in [0.05, 0.1) is 12.1 Å². The number of allylic oxidation sites excluding steroid dienone is 1. The molecule has 116 valence electrons. The van der Waals surface area contributed by atoms with E-state index in [2.05, 4.69) is 16.8 Å². The summed E-state index contributed by atoms with van der Waals surface area (Å²) in [6.45, 7) is 6.84. The van der Waals surface area contributed by atoms with Gasteiger partial charge in [0.15, 0.2) is 0 Å². The molecular weight excluding hydrogens is 278 g/mol. The first-order valence-corrected chi connectivity index (χ1v) is 7.33. The molecule has 1 fully saturated rings. The molecule has 2 rings (SSSR count). The average Bonchev–Trinajstić information content (AvgIpc) is 2.74. The van der Waals surface area contributed by atoms with E-state index in [0.29, 0.717) is 24.7 Å².